The highest BCUT2D eigenvalue weighted by Gasteiger charge is 2.31. The molecule has 0 saturated carbocycles. The van der Waals surface area contributed by atoms with Gasteiger partial charge < -0.3 is 25.0 Å². The number of nitrogens with zero attached hydrogens (tertiary/aromatic N) is 1. The number of hydrogen-bond donors (Lipinski definition) is 2. The Bertz CT molecular complexity index is 1060. The zero-order valence-electron chi connectivity index (χ0n) is 21.2. The summed E-state index contributed by atoms with van der Waals surface area (Å²) in [5, 5.41) is 5.48. The molecule has 4 rings (SSSR count). The van der Waals surface area contributed by atoms with Crippen LogP contribution in [0.5, 0.6) is 0 Å². The zero-order chi connectivity index (χ0) is 25.7. The minimum atomic E-state index is -0.561. The molecule has 1 aliphatic carbocycles. The number of ether oxygens (including phenoxy) is 2. The first kappa shape index (κ1) is 25.5. The van der Waals surface area contributed by atoms with Gasteiger partial charge in [-0.15, -0.1) is 0 Å². The Morgan fingerprint density at radius 1 is 0.889 bits per heavy atom. The Kier molecular flexibility index (Phi) is 7.82. The topological polar surface area (TPSA) is 97.0 Å². The van der Waals surface area contributed by atoms with Gasteiger partial charge in [-0.3, -0.25) is 4.79 Å². The van der Waals surface area contributed by atoms with E-state index in [-0.39, 0.29) is 30.4 Å². The van der Waals surface area contributed by atoms with Gasteiger partial charge in [-0.25, -0.2) is 9.59 Å². The van der Waals surface area contributed by atoms with Crippen molar-refractivity contribution < 1.29 is 23.9 Å². The second-order valence-electron chi connectivity index (χ2n) is 10.3. The second kappa shape index (κ2) is 11.0. The van der Waals surface area contributed by atoms with Gasteiger partial charge in [0.15, 0.2) is 0 Å². The Morgan fingerprint density at radius 2 is 1.44 bits per heavy atom. The van der Waals surface area contributed by atoms with Crippen LogP contribution in [0.15, 0.2) is 48.5 Å². The molecular weight excluding hydrogens is 458 g/mol. The third-order valence-corrected chi connectivity index (χ3v) is 6.55. The maximum atomic E-state index is 12.8. The number of likely N-dealkylation sites (tertiary alicyclic amines) is 1. The lowest BCUT2D eigenvalue weighted by Gasteiger charge is -2.31. The van der Waals surface area contributed by atoms with E-state index in [4.69, 9.17) is 9.47 Å². The number of carbonyl (C=O) groups excluding carboxylic acids is 3. The van der Waals surface area contributed by atoms with Gasteiger partial charge in [-0.1, -0.05) is 48.5 Å². The van der Waals surface area contributed by atoms with Crippen molar-refractivity contribution in [2.45, 2.75) is 45.1 Å². The number of benzene rings is 2. The molecule has 0 radical (unpaired) electrons. The average molecular weight is 494 g/mol. The summed E-state index contributed by atoms with van der Waals surface area (Å²) >= 11 is 0. The lowest BCUT2D eigenvalue weighted by molar-refractivity contribution is -0.126. The fraction of sp³-hybridized carbons (Fsp3) is 0.464. The summed E-state index contributed by atoms with van der Waals surface area (Å²) in [7, 11) is 0. The van der Waals surface area contributed by atoms with Crippen molar-refractivity contribution in [1.82, 2.24) is 15.5 Å². The molecule has 0 spiro atoms. The molecule has 2 aliphatic rings. The van der Waals surface area contributed by atoms with Crippen LogP contribution in [0, 0.1) is 5.92 Å². The lowest BCUT2D eigenvalue weighted by Crippen LogP contribution is -2.44. The van der Waals surface area contributed by atoms with Crippen LogP contribution in [0.4, 0.5) is 9.59 Å². The van der Waals surface area contributed by atoms with E-state index < -0.39 is 11.7 Å². The smallest absolute Gasteiger partial charge is 0.409 e. The number of hydrogen-bond acceptors (Lipinski definition) is 5. The normalized spacial score (nSPS) is 15.6. The van der Waals surface area contributed by atoms with Gasteiger partial charge in [-0.05, 0) is 55.9 Å². The maximum absolute atomic E-state index is 12.8. The van der Waals surface area contributed by atoms with Crippen LogP contribution in [-0.2, 0) is 14.3 Å². The van der Waals surface area contributed by atoms with E-state index in [1.807, 2.05) is 24.3 Å². The van der Waals surface area contributed by atoms with Crippen LogP contribution in [0.3, 0.4) is 0 Å². The minimum Gasteiger partial charge on any atom is -0.448 e. The molecule has 1 fully saturated rings. The molecule has 8 heteroatoms. The molecule has 2 aromatic carbocycles. The molecule has 1 aliphatic heterocycles. The first-order valence-corrected chi connectivity index (χ1v) is 12.6. The average Bonchev–Trinajstić information content (AvgIpc) is 3.18. The monoisotopic (exact) mass is 493 g/mol. The highest BCUT2D eigenvalue weighted by Crippen LogP contribution is 2.44. The first-order valence-electron chi connectivity index (χ1n) is 12.6. The maximum Gasteiger partial charge on any atom is 0.409 e. The Morgan fingerprint density at radius 3 is 2.03 bits per heavy atom. The fourth-order valence-electron chi connectivity index (χ4n) is 4.82. The molecule has 1 heterocycles. The quantitative estimate of drug-likeness (QED) is 0.585. The summed E-state index contributed by atoms with van der Waals surface area (Å²) in [6, 6.07) is 16.5. The molecule has 8 nitrogen and oxygen atoms in total. The number of rotatable bonds is 6. The molecule has 0 unspecified atom stereocenters. The van der Waals surface area contributed by atoms with Crippen molar-refractivity contribution in [3.8, 4) is 11.1 Å². The van der Waals surface area contributed by atoms with E-state index in [1.54, 1.807) is 25.7 Å². The SMILES string of the molecule is CC(C)(C)OC(=O)NCCNC(=O)C1CCN(C(=O)OCC2c3ccccc3-c3ccccc32)CC1. The molecule has 1 saturated heterocycles. The van der Waals surface area contributed by atoms with Crippen LogP contribution in [0.25, 0.3) is 11.1 Å². The molecule has 3 amide bonds. The van der Waals surface area contributed by atoms with E-state index in [9.17, 15) is 14.4 Å². The number of nitrogens with one attached hydrogen (secondary N) is 2. The fourth-order valence-corrected chi connectivity index (χ4v) is 4.82. The molecular formula is C28H35N3O5. The van der Waals surface area contributed by atoms with Crippen LogP contribution in [-0.4, -0.2) is 61.4 Å². The van der Waals surface area contributed by atoms with Gasteiger partial charge in [0.1, 0.15) is 12.2 Å². The Labute approximate surface area is 212 Å². The van der Waals surface area contributed by atoms with Crippen molar-refractivity contribution in [2.75, 3.05) is 32.8 Å². The van der Waals surface area contributed by atoms with E-state index in [1.165, 1.54) is 22.3 Å². The summed E-state index contributed by atoms with van der Waals surface area (Å²) in [5.41, 5.74) is 4.20. The molecule has 36 heavy (non-hydrogen) atoms. The molecule has 192 valence electrons. The van der Waals surface area contributed by atoms with E-state index in [0.717, 1.165) is 0 Å². The van der Waals surface area contributed by atoms with Crippen LogP contribution < -0.4 is 10.6 Å². The predicted octanol–water partition coefficient (Wildman–Crippen LogP) is 4.29. The van der Waals surface area contributed by atoms with Gasteiger partial charge in [-0.2, -0.15) is 0 Å². The third-order valence-electron chi connectivity index (χ3n) is 6.55. The first-order chi connectivity index (χ1) is 17.2. The van der Waals surface area contributed by atoms with Crippen molar-refractivity contribution in [3.05, 3.63) is 59.7 Å². The Balaban J connectivity index is 1.19. The standard InChI is InChI=1S/C28H35N3O5/c1-28(2,3)36-26(33)30-15-14-29-25(32)19-12-16-31(17-13-19)27(34)35-18-24-22-10-6-4-8-20(22)21-9-5-7-11-23(21)24/h4-11,19,24H,12-18H2,1-3H3,(H,29,32)(H,30,33). The summed E-state index contributed by atoms with van der Waals surface area (Å²) in [4.78, 5) is 38.6. The summed E-state index contributed by atoms with van der Waals surface area (Å²) in [5.74, 6) is -0.198. The van der Waals surface area contributed by atoms with Gasteiger partial charge in [0.25, 0.3) is 0 Å². The van der Waals surface area contributed by atoms with Gasteiger partial charge in [0, 0.05) is 38.0 Å². The summed E-state index contributed by atoms with van der Waals surface area (Å²) in [6.07, 6.45) is 0.316. The van der Waals surface area contributed by atoms with Crippen molar-refractivity contribution in [3.63, 3.8) is 0 Å². The minimum absolute atomic E-state index is 0.0268. The highest BCUT2D eigenvalue weighted by molar-refractivity contribution is 5.80. The lowest BCUT2D eigenvalue weighted by atomic mass is 9.96. The molecule has 0 aromatic heterocycles. The molecule has 0 atom stereocenters. The van der Waals surface area contributed by atoms with Crippen molar-refractivity contribution >= 4 is 18.1 Å². The molecule has 0 bridgehead atoms. The van der Waals surface area contributed by atoms with Crippen LogP contribution >= 0.6 is 0 Å². The Hall–Kier alpha value is -3.55. The van der Waals surface area contributed by atoms with E-state index >= 15 is 0 Å². The van der Waals surface area contributed by atoms with E-state index in [2.05, 4.69) is 34.9 Å². The third kappa shape index (κ3) is 6.17. The number of piperidine rings is 1. The number of fused-ring (bicyclic) bond motifs is 3. The highest BCUT2D eigenvalue weighted by atomic mass is 16.6. The molecule has 2 N–H and O–H groups in total. The zero-order valence-corrected chi connectivity index (χ0v) is 21.2. The van der Waals surface area contributed by atoms with Gasteiger partial charge in [0.05, 0.1) is 0 Å². The number of alkyl carbamates (subject to hydrolysis) is 1. The van der Waals surface area contributed by atoms with E-state index in [0.29, 0.717) is 39.0 Å². The van der Waals surface area contributed by atoms with Gasteiger partial charge in [0.2, 0.25) is 5.91 Å². The largest absolute Gasteiger partial charge is 0.448 e. The van der Waals surface area contributed by atoms with Gasteiger partial charge >= 0.3 is 12.2 Å². The number of amides is 3. The predicted molar refractivity (Wildman–Crippen MR) is 137 cm³/mol. The van der Waals surface area contributed by atoms with Crippen LogP contribution in [0.1, 0.15) is 50.7 Å². The summed E-state index contributed by atoms with van der Waals surface area (Å²) < 4.78 is 10.9. The van der Waals surface area contributed by atoms with Crippen LogP contribution in [0.2, 0.25) is 0 Å². The van der Waals surface area contributed by atoms with Crippen molar-refractivity contribution in [2.24, 2.45) is 5.92 Å². The molecule has 2 aromatic rings. The summed E-state index contributed by atoms with van der Waals surface area (Å²) in [6.45, 7) is 7.24. The van der Waals surface area contributed by atoms with Crippen molar-refractivity contribution in [1.29, 1.82) is 0 Å². The second-order valence-corrected chi connectivity index (χ2v) is 10.3. The number of carbonyl (C=O) groups is 3.